The maximum absolute atomic E-state index is 6.19. The van der Waals surface area contributed by atoms with Gasteiger partial charge < -0.3 is 10.6 Å². The fraction of sp³-hybridized carbons (Fsp3) is 0.625. The first-order valence-electron chi connectivity index (χ1n) is 7.30. The van der Waals surface area contributed by atoms with Crippen LogP contribution in [0.5, 0.6) is 0 Å². The normalized spacial score (nSPS) is 22.0. The van der Waals surface area contributed by atoms with Crippen LogP contribution in [0.15, 0.2) is 18.2 Å². The highest BCUT2D eigenvalue weighted by Crippen LogP contribution is 2.45. The van der Waals surface area contributed by atoms with Crippen LogP contribution < -0.4 is 10.6 Å². The van der Waals surface area contributed by atoms with Gasteiger partial charge >= 0.3 is 0 Å². The first-order valence-corrected chi connectivity index (χ1v) is 7.30. The lowest BCUT2D eigenvalue weighted by atomic mass is 9.68. The van der Waals surface area contributed by atoms with Gasteiger partial charge in [-0.3, -0.25) is 0 Å². The summed E-state index contributed by atoms with van der Waals surface area (Å²) in [6.45, 7) is 1.96. The zero-order valence-electron chi connectivity index (χ0n) is 11.4. The number of benzene rings is 1. The Morgan fingerprint density at radius 1 is 1.22 bits per heavy atom. The SMILES string of the molecule is CN1CCc2cccc(C3(CN)CCCCC3)c21. The van der Waals surface area contributed by atoms with E-state index in [1.165, 1.54) is 55.3 Å². The second-order valence-corrected chi connectivity index (χ2v) is 6.03. The van der Waals surface area contributed by atoms with Gasteiger partial charge in [-0.2, -0.15) is 0 Å². The van der Waals surface area contributed by atoms with Crippen molar-refractivity contribution in [1.29, 1.82) is 0 Å². The minimum Gasteiger partial charge on any atom is -0.374 e. The molecule has 0 unspecified atom stereocenters. The van der Waals surface area contributed by atoms with Crippen LogP contribution in [0.25, 0.3) is 0 Å². The number of hydrogen-bond acceptors (Lipinski definition) is 2. The monoisotopic (exact) mass is 244 g/mol. The smallest absolute Gasteiger partial charge is 0.0435 e. The summed E-state index contributed by atoms with van der Waals surface area (Å²) in [4.78, 5) is 2.43. The Hall–Kier alpha value is -1.02. The fourth-order valence-corrected chi connectivity index (χ4v) is 3.88. The maximum Gasteiger partial charge on any atom is 0.0435 e. The van der Waals surface area contributed by atoms with Gasteiger partial charge in [0.15, 0.2) is 0 Å². The van der Waals surface area contributed by atoms with Gasteiger partial charge in [-0.15, -0.1) is 0 Å². The van der Waals surface area contributed by atoms with Gasteiger partial charge in [-0.25, -0.2) is 0 Å². The van der Waals surface area contributed by atoms with E-state index in [2.05, 4.69) is 30.1 Å². The molecule has 3 rings (SSSR count). The van der Waals surface area contributed by atoms with E-state index in [1.807, 2.05) is 0 Å². The van der Waals surface area contributed by atoms with E-state index in [9.17, 15) is 0 Å². The molecule has 1 aromatic rings. The van der Waals surface area contributed by atoms with Crippen molar-refractivity contribution in [3.63, 3.8) is 0 Å². The van der Waals surface area contributed by atoms with Gasteiger partial charge in [0, 0.05) is 31.2 Å². The summed E-state index contributed by atoms with van der Waals surface area (Å²) >= 11 is 0. The summed E-state index contributed by atoms with van der Waals surface area (Å²) in [6.07, 6.45) is 7.80. The third-order valence-electron chi connectivity index (χ3n) is 4.99. The quantitative estimate of drug-likeness (QED) is 0.867. The van der Waals surface area contributed by atoms with Gasteiger partial charge in [-0.1, -0.05) is 37.5 Å². The molecule has 2 N–H and O–H groups in total. The van der Waals surface area contributed by atoms with Crippen LogP contribution in [0.4, 0.5) is 5.69 Å². The van der Waals surface area contributed by atoms with Gasteiger partial charge in [0.2, 0.25) is 0 Å². The molecule has 1 saturated carbocycles. The molecule has 0 atom stereocenters. The van der Waals surface area contributed by atoms with E-state index in [0.29, 0.717) is 0 Å². The number of para-hydroxylation sites is 1. The Balaban J connectivity index is 2.08. The molecule has 0 radical (unpaired) electrons. The molecule has 18 heavy (non-hydrogen) atoms. The van der Waals surface area contributed by atoms with Crippen LogP contribution in [-0.4, -0.2) is 20.1 Å². The molecule has 0 bridgehead atoms. The first-order chi connectivity index (χ1) is 8.77. The molecule has 0 amide bonds. The van der Waals surface area contributed by atoms with Gasteiger partial charge in [0.05, 0.1) is 0 Å². The molecule has 0 aromatic heterocycles. The summed E-state index contributed by atoms with van der Waals surface area (Å²) in [5.74, 6) is 0. The number of nitrogens with zero attached hydrogens (tertiary/aromatic N) is 1. The Morgan fingerprint density at radius 3 is 2.72 bits per heavy atom. The van der Waals surface area contributed by atoms with Crippen molar-refractivity contribution in [3.8, 4) is 0 Å². The highest BCUT2D eigenvalue weighted by atomic mass is 15.1. The second-order valence-electron chi connectivity index (χ2n) is 6.03. The van der Waals surface area contributed by atoms with E-state index in [0.717, 1.165) is 13.1 Å². The Morgan fingerprint density at radius 2 is 2.00 bits per heavy atom. The first kappa shape index (κ1) is 12.0. The number of fused-ring (bicyclic) bond motifs is 1. The van der Waals surface area contributed by atoms with Crippen LogP contribution >= 0.6 is 0 Å². The number of nitrogens with two attached hydrogens (primary N) is 1. The molecule has 2 heteroatoms. The van der Waals surface area contributed by atoms with E-state index < -0.39 is 0 Å². The van der Waals surface area contributed by atoms with E-state index >= 15 is 0 Å². The minimum absolute atomic E-state index is 0.252. The zero-order valence-corrected chi connectivity index (χ0v) is 11.4. The average molecular weight is 244 g/mol. The van der Waals surface area contributed by atoms with Crippen LogP contribution in [0.1, 0.15) is 43.2 Å². The van der Waals surface area contributed by atoms with Crippen molar-refractivity contribution in [2.24, 2.45) is 5.73 Å². The van der Waals surface area contributed by atoms with Crippen LogP contribution in [-0.2, 0) is 11.8 Å². The summed E-state index contributed by atoms with van der Waals surface area (Å²) in [7, 11) is 2.22. The molecule has 1 aromatic carbocycles. The highest BCUT2D eigenvalue weighted by molar-refractivity contribution is 5.65. The third kappa shape index (κ3) is 1.74. The minimum atomic E-state index is 0.252. The second kappa shape index (κ2) is 4.58. The molecule has 1 fully saturated rings. The predicted molar refractivity (Wildman–Crippen MR) is 77.2 cm³/mol. The summed E-state index contributed by atoms with van der Waals surface area (Å²) in [5.41, 5.74) is 11.0. The molecule has 98 valence electrons. The lowest BCUT2D eigenvalue weighted by Gasteiger charge is -2.39. The van der Waals surface area contributed by atoms with Crippen molar-refractivity contribution in [3.05, 3.63) is 29.3 Å². The van der Waals surface area contributed by atoms with Crippen LogP contribution in [0.2, 0.25) is 0 Å². The van der Waals surface area contributed by atoms with Crippen molar-refractivity contribution < 1.29 is 0 Å². The summed E-state index contributed by atoms with van der Waals surface area (Å²) in [5, 5.41) is 0. The van der Waals surface area contributed by atoms with Crippen molar-refractivity contribution in [2.45, 2.75) is 43.9 Å². The van der Waals surface area contributed by atoms with Gasteiger partial charge in [0.25, 0.3) is 0 Å². The molecule has 1 heterocycles. The largest absolute Gasteiger partial charge is 0.374 e. The van der Waals surface area contributed by atoms with Gasteiger partial charge in [-0.05, 0) is 30.4 Å². The molecule has 0 spiro atoms. The lowest BCUT2D eigenvalue weighted by molar-refractivity contribution is 0.301. The predicted octanol–water partition coefficient (Wildman–Crippen LogP) is 2.84. The number of likely N-dealkylation sites (N-methyl/N-ethyl adjacent to an activating group) is 1. The molecule has 1 aliphatic carbocycles. The summed E-state index contributed by atoms with van der Waals surface area (Å²) < 4.78 is 0. The number of rotatable bonds is 2. The fourth-order valence-electron chi connectivity index (χ4n) is 3.88. The molecule has 0 saturated heterocycles. The third-order valence-corrected chi connectivity index (χ3v) is 4.99. The molecule has 1 aliphatic heterocycles. The van der Waals surface area contributed by atoms with Crippen LogP contribution in [0, 0.1) is 0 Å². The van der Waals surface area contributed by atoms with E-state index in [1.54, 1.807) is 0 Å². The Bertz CT molecular complexity index is 433. The lowest BCUT2D eigenvalue weighted by Crippen LogP contribution is -2.38. The molecule has 2 nitrogen and oxygen atoms in total. The van der Waals surface area contributed by atoms with Crippen molar-refractivity contribution in [2.75, 3.05) is 25.0 Å². The number of anilines is 1. The zero-order chi connectivity index (χ0) is 12.6. The van der Waals surface area contributed by atoms with Crippen molar-refractivity contribution >= 4 is 5.69 Å². The standard InChI is InChI=1S/C16H24N2/c1-18-11-8-13-6-5-7-14(15(13)18)16(12-17)9-3-2-4-10-16/h5-7H,2-4,8-12,17H2,1H3. The van der Waals surface area contributed by atoms with E-state index in [-0.39, 0.29) is 5.41 Å². The van der Waals surface area contributed by atoms with Crippen molar-refractivity contribution in [1.82, 2.24) is 0 Å². The molecular formula is C16H24N2. The Kier molecular flexibility index (Phi) is 3.06. The van der Waals surface area contributed by atoms with Crippen LogP contribution in [0.3, 0.4) is 0 Å². The van der Waals surface area contributed by atoms with E-state index in [4.69, 9.17) is 5.73 Å². The number of hydrogen-bond donors (Lipinski definition) is 1. The Labute approximate surface area is 110 Å². The summed E-state index contributed by atoms with van der Waals surface area (Å²) in [6, 6.07) is 6.85. The molecule has 2 aliphatic rings. The average Bonchev–Trinajstić information content (AvgIpc) is 2.81. The van der Waals surface area contributed by atoms with Gasteiger partial charge in [0.1, 0.15) is 0 Å². The maximum atomic E-state index is 6.19. The molecular weight excluding hydrogens is 220 g/mol. The highest BCUT2D eigenvalue weighted by Gasteiger charge is 2.36. The topological polar surface area (TPSA) is 29.3 Å².